The third-order valence-electron chi connectivity index (χ3n) is 4.75. The van der Waals surface area contributed by atoms with E-state index < -0.39 is 17.2 Å². The Morgan fingerprint density at radius 1 is 0.955 bits per heavy atom. The summed E-state index contributed by atoms with van der Waals surface area (Å²) in [5.41, 5.74) is 4.20. The second-order valence-electron chi connectivity index (χ2n) is 6.00. The van der Waals surface area contributed by atoms with E-state index in [-0.39, 0.29) is 0 Å². The van der Waals surface area contributed by atoms with Crippen molar-refractivity contribution in [3.63, 3.8) is 0 Å². The zero-order valence-corrected chi connectivity index (χ0v) is 12.2. The summed E-state index contributed by atoms with van der Waals surface area (Å²) in [5.74, 6) is -2.67. The van der Waals surface area contributed by atoms with Crippen LogP contribution in [0.4, 0.5) is 0 Å². The molecule has 1 N–H and O–H groups in total. The maximum Gasteiger partial charge on any atom is 0.364 e. The van der Waals surface area contributed by atoms with E-state index in [9.17, 15) is 9.90 Å². The van der Waals surface area contributed by atoms with Gasteiger partial charge in [-0.25, -0.2) is 4.79 Å². The molecule has 4 nitrogen and oxygen atoms in total. The highest BCUT2D eigenvalue weighted by molar-refractivity contribution is 5.81. The van der Waals surface area contributed by atoms with Crippen molar-refractivity contribution in [3.05, 3.63) is 59.7 Å². The predicted molar refractivity (Wildman–Crippen MR) is 80.6 cm³/mol. The number of carboxylic acid groups (broad SMARTS) is 1. The van der Waals surface area contributed by atoms with Gasteiger partial charge in [0.15, 0.2) is 0 Å². The van der Waals surface area contributed by atoms with Crippen LogP contribution in [0.1, 0.15) is 18.1 Å². The maximum atomic E-state index is 11.3. The van der Waals surface area contributed by atoms with Gasteiger partial charge in [-0.1, -0.05) is 48.5 Å². The number of carbonyl (C=O) groups is 1. The van der Waals surface area contributed by atoms with Gasteiger partial charge in [0.25, 0.3) is 5.79 Å². The molecule has 4 rings (SSSR count). The smallest absolute Gasteiger partial charge is 0.364 e. The standard InChI is InChI=1S/C18H16O4/c1-17(16(19)20)21-10-18(11-22-17)14-8-4-2-6-12(14)13-7-3-5-9-15(13)18/h2-9H,10-11H2,1H3,(H,19,20). The Kier molecular flexibility index (Phi) is 2.71. The molecule has 2 aliphatic rings. The minimum absolute atomic E-state index is 0.295. The molecule has 1 heterocycles. The molecule has 0 radical (unpaired) electrons. The molecule has 1 spiro atoms. The summed E-state index contributed by atoms with van der Waals surface area (Å²) in [6, 6.07) is 16.4. The average Bonchev–Trinajstić information content (AvgIpc) is 2.82. The van der Waals surface area contributed by atoms with Crippen LogP contribution in [0, 0.1) is 0 Å². The molecule has 0 unspecified atom stereocenters. The van der Waals surface area contributed by atoms with E-state index in [1.807, 2.05) is 24.3 Å². The molecule has 0 bridgehead atoms. The Morgan fingerprint density at radius 3 is 1.86 bits per heavy atom. The summed E-state index contributed by atoms with van der Waals surface area (Å²) in [6.45, 7) is 2.04. The summed E-state index contributed by atoms with van der Waals surface area (Å²) in [5, 5.41) is 9.27. The first-order valence-corrected chi connectivity index (χ1v) is 7.28. The molecule has 2 aromatic carbocycles. The summed E-state index contributed by atoms with van der Waals surface area (Å²) in [6.07, 6.45) is 0. The second-order valence-corrected chi connectivity index (χ2v) is 6.00. The van der Waals surface area contributed by atoms with Crippen LogP contribution in [0.2, 0.25) is 0 Å². The van der Waals surface area contributed by atoms with Crippen LogP contribution < -0.4 is 0 Å². The molecule has 0 aromatic heterocycles. The van der Waals surface area contributed by atoms with Crippen LogP contribution in [-0.2, 0) is 19.7 Å². The normalized spacial score (nSPS) is 20.4. The molecule has 0 amide bonds. The Labute approximate surface area is 128 Å². The van der Waals surface area contributed by atoms with Crippen molar-refractivity contribution in [2.24, 2.45) is 0 Å². The Hall–Kier alpha value is -2.17. The number of benzene rings is 2. The molecule has 1 aliphatic heterocycles. The SMILES string of the molecule is CC1(C(=O)O)OCC2(CO1)c1ccccc1-c1ccccc12. The van der Waals surface area contributed by atoms with Crippen molar-refractivity contribution in [1.29, 1.82) is 0 Å². The molecular formula is C18H16O4. The molecule has 1 aliphatic carbocycles. The van der Waals surface area contributed by atoms with Gasteiger partial charge in [0.1, 0.15) is 0 Å². The molecule has 22 heavy (non-hydrogen) atoms. The Morgan fingerprint density at radius 2 is 1.41 bits per heavy atom. The van der Waals surface area contributed by atoms with E-state index in [4.69, 9.17) is 9.47 Å². The van der Waals surface area contributed by atoms with Crippen molar-refractivity contribution in [3.8, 4) is 11.1 Å². The van der Waals surface area contributed by atoms with Gasteiger partial charge >= 0.3 is 5.97 Å². The Bertz CT molecular complexity index is 710. The lowest BCUT2D eigenvalue weighted by molar-refractivity contribution is -0.271. The van der Waals surface area contributed by atoms with Crippen molar-refractivity contribution < 1.29 is 19.4 Å². The first kappa shape index (κ1) is 13.5. The van der Waals surface area contributed by atoms with E-state index >= 15 is 0 Å². The topological polar surface area (TPSA) is 55.8 Å². The van der Waals surface area contributed by atoms with Crippen LogP contribution in [0.15, 0.2) is 48.5 Å². The van der Waals surface area contributed by atoms with Gasteiger partial charge in [0.2, 0.25) is 0 Å². The van der Waals surface area contributed by atoms with Gasteiger partial charge in [-0.15, -0.1) is 0 Å². The highest BCUT2D eigenvalue weighted by Crippen LogP contribution is 2.51. The van der Waals surface area contributed by atoms with Crippen LogP contribution in [0.25, 0.3) is 11.1 Å². The monoisotopic (exact) mass is 296 g/mol. The molecule has 0 saturated carbocycles. The fourth-order valence-electron chi connectivity index (χ4n) is 3.46. The molecular weight excluding hydrogens is 280 g/mol. The summed E-state index contributed by atoms with van der Waals surface area (Å²) < 4.78 is 11.3. The van der Waals surface area contributed by atoms with Crippen molar-refractivity contribution in [1.82, 2.24) is 0 Å². The average molecular weight is 296 g/mol. The van der Waals surface area contributed by atoms with Crippen LogP contribution >= 0.6 is 0 Å². The van der Waals surface area contributed by atoms with E-state index in [1.165, 1.54) is 18.1 Å². The van der Waals surface area contributed by atoms with Crippen molar-refractivity contribution in [2.75, 3.05) is 13.2 Å². The zero-order chi connectivity index (χ0) is 15.4. The molecule has 2 aromatic rings. The van der Waals surface area contributed by atoms with Crippen molar-refractivity contribution in [2.45, 2.75) is 18.1 Å². The van der Waals surface area contributed by atoms with Crippen molar-refractivity contribution >= 4 is 5.97 Å². The number of carboxylic acids is 1. The van der Waals surface area contributed by atoms with Gasteiger partial charge in [-0.3, -0.25) is 0 Å². The fraction of sp³-hybridized carbons (Fsp3) is 0.278. The first-order chi connectivity index (χ1) is 10.6. The molecule has 1 saturated heterocycles. The lowest BCUT2D eigenvalue weighted by atomic mass is 9.79. The van der Waals surface area contributed by atoms with E-state index in [0.717, 1.165) is 11.1 Å². The minimum atomic E-state index is -1.57. The van der Waals surface area contributed by atoms with E-state index in [1.54, 1.807) is 0 Å². The second kappa shape index (κ2) is 4.41. The molecule has 4 heteroatoms. The zero-order valence-electron chi connectivity index (χ0n) is 12.2. The first-order valence-electron chi connectivity index (χ1n) is 7.28. The van der Waals surface area contributed by atoms with Gasteiger partial charge in [0, 0.05) is 6.92 Å². The molecule has 0 atom stereocenters. The Balaban J connectivity index is 1.85. The lowest BCUT2D eigenvalue weighted by Crippen LogP contribution is -2.54. The van der Waals surface area contributed by atoms with E-state index in [2.05, 4.69) is 24.3 Å². The van der Waals surface area contributed by atoms with Gasteiger partial charge < -0.3 is 14.6 Å². The van der Waals surface area contributed by atoms with Gasteiger partial charge in [-0.2, -0.15) is 0 Å². The number of rotatable bonds is 1. The summed E-state index contributed by atoms with van der Waals surface area (Å²) in [7, 11) is 0. The van der Waals surface area contributed by atoms with E-state index in [0.29, 0.717) is 13.2 Å². The summed E-state index contributed by atoms with van der Waals surface area (Å²) >= 11 is 0. The minimum Gasteiger partial charge on any atom is -0.477 e. The quantitative estimate of drug-likeness (QED) is 0.879. The maximum absolute atomic E-state index is 11.3. The number of aliphatic carboxylic acids is 1. The number of hydrogen-bond acceptors (Lipinski definition) is 3. The third kappa shape index (κ3) is 1.62. The number of ether oxygens (including phenoxy) is 2. The number of hydrogen-bond donors (Lipinski definition) is 1. The van der Waals surface area contributed by atoms with Crippen LogP contribution in [0.5, 0.6) is 0 Å². The fourth-order valence-corrected chi connectivity index (χ4v) is 3.46. The molecule has 112 valence electrons. The highest BCUT2D eigenvalue weighted by atomic mass is 16.7. The largest absolute Gasteiger partial charge is 0.477 e. The lowest BCUT2D eigenvalue weighted by Gasteiger charge is -2.42. The summed E-state index contributed by atoms with van der Waals surface area (Å²) in [4.78, 5) is 11.3. The third-order valence-corrected chi connectivity index (χ3v) is 4.75. The van der Waals surface area contributed by atoms with Crippen LogP contribution in [-0.4, -0.2) is 30.1 Å². The predicted octanol–water partition coefficient (Wildman–Crippen LogP) is 2.80. The van der Waals surface area contributed by atoms with Gasteiger partial charge in [-0.05, 0) is 22.3 Å². The highest BCUT2D eigenvalue weighted by Gasteiger charge is 2.52. The molecule has 1 fully saturated rings. The van der Waals surface area contributed by atoms with Gasteiger partial charge in [0.05, 0.1) is 18.6 Å². The van der Waals surface area contributed by atoms with Crippen LogP contribution in [0.3, 0.4) is 0 Å². The number of fused-ring (bicyclic) bond motifs is 5.